The van der Waals surface area contributed by atoms with Gasteiger partial charge >= 0.3 is 0 Å². The van der Waals surface area contributed by atoms with Crippen molar-refractivity contribution in [3.05, 3.63) is 57.3 Å². The molecule has 2 heteroatoms. The van der Waals surface area contributed by atoms with Gasteiger partial charge in [-0.3, -0.25) is 0 Å². The number of benzene rings is 1. The SMILES string of the molecule is Cc1cccc(CNC(c2cccs2)C(C)C)c1C. The number of hydrogen-bond acceptors (Lipinski definition) is 2. The Morgan fingerprint density at radius 2 is 1.89 bits per heavy atom. The second kappa shape index (κ2) is 6.36. The van der Waals surface area contributed by atoms with E-state index in [-0.39, 0.29) is 0 Å². The van der Waals surface area contributed by atoms with Crippen LogP contribution in [0.4, 0.5) is 0 Å². The Morgan fingerprint density at radius 3 is 2.53 bits per heavy atom. The van der Waals surface area contributed by atoms with Gasteiger partial charge in [-0.25, -0.2) is 0 Å². The highest BCUT2D eigenvalue weighted by molar-refractivity contribution is 7.10. The summed E-state index contributed by atoms with van der Waals surface area (Å²) in [5.74, 6) is 0.601. The Bertz CT molecular complexity index is 514. The monoisotopic (exact) mass is 273 g/mol. The Labute approximate surface area is 120 Å². The number of thiophene rings is 1. The molecule has 1 nitrogen and oxygen atoms in total. The molecule has 102 valence electrons. The molecule has 0 radical (unpaired) electrons. The van der Waals surface area contributed by atoms with Gasteiger partial charge in [-0.15, -0.1) is 11.3 Å². The molecule has 1 aromatic carbocycles. The highest BCUT2D eigenvalue weighted by Gasteiger charge is 2.16. The third-order valence-electron chi connectivity index (χ3n) is 3.75. The van der Waals surface area contributed by atoms with Crippen LogP contribution in [0.2, 0.25) is 0 Å². The average molecular weight is 273 g/mol. The van der Waals surface area contributed by atoms with Crippen molar-refractivity contribution in [2.24, 2.45) is 5.92 Å². The van der Waals surface area contributed by atoms with Crippen molar-refractivity contribution >= 4 is 11.3 Å². The second-order valence-corrected chi connectivity index (χ2v) is 6.46. The molecule has 19 heavy (non-hydrogen) atoms. The quantitative estimate of drug-likeness (QED) is 0.821. The van der Waals surface area contributed by atoms with Crippen molar-refractivity contribution in [1.82, 2.24) is 5.32 Å². The highest BCUT2D eigenvalue weighted by Crippen LogP contribution is 2.26. The molecule has 0 bridgehead atoms. The lowest BCUT2D eigenvalue weighted by atomic mass is 10.0. The normalized spacial score (nSPS) is 12.9. The summed E-state index contributed by atoms with van der Waals surface area (Å²) in [5, 5.41) is 5.87. The zero-order valence-corrected chi connectivity index (χ0v) is 13.1. The molecule has 2 aromatic rings. The van der Waals surface area contributed by atoms with Crippen molar-refractivity contribution in [1.29, 1.82) is 0 Å². The summed E-state index contributed by atoms with van der Waals surface area (Å²) >= 11 is 1.84. The predicted octanol–water partition coefficient (Wildman–Crippen LogP) is 4.85. The third kappa shape index (κ3) is 3.46. The van der Waals surface area contributed by atoms with Gasteiger partial charge in [0.2, 0.25) is 0 Å². The zero-order chi connectivity index (χ0) is 13.8. The molecule has 0 saturated carbocycles. The number of hydrogen-bond donors (Lipinski definition) is 1. The van der Waals surface area contributed by atoms with Crippen LogP contribution >= 0.6 is 11.3 Å². The first kappa shape index (κ1) is 14.3. The van der Waals surface area contributed by atoms with Crippen molar-refractivity contribution in [3.63, 3.8) is 0 Å². The van der Waals surface area contributed by atoms with E-state index in [1.165, 1.54) is 21.6 Å². The van der Waals surface area contributed by atoms with Gasteiger partial charge < -0.3 is 5.32 Å². The lowest BCUT2D eigenvalue weighted by Gasteiger charge is -2.22. The molecule has 0 spiro atoms. The van der Waals surface area contributed by atoms with Crippen LogP contribution in [0.5, 0.6) is 0 Å². The summed E-state index contributed by atoms with van der Waals surface area (Å²) in [4.78, 5) is 1.43. The van der Waals surface area contributed by atoms with E-state index in [1.54, 1.807) is 0 Å². The summed E-state index contributed by atoms with van der Waals surface area (Å²) in [6.07, 6.45) is 0. The summed E-state index contributed by atoms with van der Waals surface area (Å²) in [5.41, 5.74) is 4.18. The lowest BCUT2D eigenvalue weighted by Crippen LogP contribution is -2.25. The fraction of sp³-hybridized carbons (Fsp3) is 0.412. The largest absolute Gasteiger partial charge is 0.305 e. The molecular weight excluding hydrogens is 250 g/mol. The molecule has 1 aromatic heterocycles. The molecule has 0 fully saturated rings. The Hall–Kier alpha value is -1.12. The molecule has 1 heterocycles. The first-order chi connectivity index (χ1) is 9.09. The van der Waals surface area contributed by atoms with E-state index in [0.717, 1.165) is 6.54 Å². The molecule has 1 N–H and O–H groups in total. The number of rotatable bonds is 5. The molecule has 1 unspecified atom stereocenters. The Kier molecular flexibility index (Phi) is 4.78. The highest BCUT2D eigenvalue weighted by atomic mass is 32.1. The molecule has 0 aliphatic carbocycles. The predicted molar refractivity (Wildman–Crippen MR) is 84.7 cm³/mol. The lowest BCUT2D eigenvalue weighted by molar-refractivity contribution is 0.416. The van der Waals surface area contributed by atoms with Crippen LogP contribution in [0.25, 0.3) is 0 Å². The van der Waals surface area contributed by atoms with Gasteiger partial charge in [0.1, 0.15) is 0 Å². The maximum absolute atomic E-state index is 3.72. The van der Waals surface area contributed by atoms with Gasteiger partial charge in [-0.1, -0.05) is 38.1 Å². The van der Waals surface area contributed by atoms with Gasteiger partial charge in [-0.2, -0.15) is 0 Å². The van der Waals surface area contributed by atoms with Crippen LogP contribution in [-0.4, -0.2) is 0 Å². The molecule has 0 amide bonds. The van der Waals surface area contributed by atoms with Crippen molar-refractivity contribution < 1.29 is 0 Å². The summed E-state index contributed by atoms with van der Waals surface area (Å²) in [7, 11) is 0. The minimum Gasteiger partial charge on any atom is -0.305 e. The van der Waals surface area contributed by atoms with Gasteiger partial charge in [0.05, 0.1) is 0 Å². The number of nitrogens with one attached hydrogen (secondary N) is 1. The Balaban J connectivity index is 2.09. The molecule has 0 saturated heterocycles. The van der Waals surface area contributed by atoms with E-state index in [1.807, 2.05) is 11.3 Å². The van der Waals surface area contributed by atoms with E-state index in [0.29, 0.717) is 12.0 Å². The van der Waals surface area contributed by atoms with E-state index in [9.17, 15) is 0 Å². The van der Waals surface area contributed by atoms with Crippen LogP contribution in [0, 0.1) is 19.8 Å². The molecule has 0 aliphatic heterocycles. The fourth-order valence-electron chi connectivity index (χ4n) is 2.36. The third-order valence-corrected chi connectivity index (χ3v) is 4.70. The van der Waals surface area contributed by atoms with Crippen molar-refractivity contribution in [2.75, 3.05) is 0 Å². The van der Waals surface area contributed by atoms with Crippen molar-refractivity contribution in [3.8, 4) is 0 Å². The maximum Gasteiger partial charge on any atom is 0.0440 e. The fourth-order valence-corrected chi connectivity index (χ4v) is 3.33. The van der Waals surface area contributed by atoms with Crippen LogP contribution in [0.1, 0.15) is 41.5 Å². The van der Waals surface area contributed by atoms with Crippen LogP contribution < -0.4 is 5.32 Å². The molecule has 0 aliphatic rings. The van der Waals surface area contributed by atoms with Crippen LogP contribution in [0.3, 0.4) is 0 Å². The topological polar surface area (TPSA) is 12.0 Å². The standard InChI is InChI=1S/C17H23NS/c1-12(2)17(16-9-6-10-19-16)18-11-15-8-5-7-13(3)14(15)4/h5-10,12,17-18H,11H2,1-4H3. The summed E-state index contributed by atoms with van der Waals surface area (Å²) in [6, 6.07) is 11.4. The second-order valence-electron chi connectivity index (χ2n) is 5.48. The molecular formula is C17H23NS. The van der Waals surface area contributed by atoms with Gasteiger partial charge in [0, 0.05) is 17.5 Å². The average Bonchev–Trinajstić information content (AvgIpc) is 2.88. The van der Waals surface area contributed by atoms with E-state index < -0.39 is 0 Å². The van der Waals surface area contributed by atoms with E-state index in [2.05, 4.69) is 68.7 Å². The van der Waals surface area contributed by atoms with Crippen LogP contribution in [-0.2, 0) is 6.54 Å². The van der Waals surface area contributed by atoms with E-state index in [4.69, 9.17) is 0 Å². The minimum atomic E-state index is 0.444. The summed E-state index contributed by atoms with van der Waals surface area (Å²) in [6.45, 7) is 9.88. The Morgan fingerprint density at radius 1 is 1.11 bits per heavy atom. The number of aryl methyl sites for hydroxylation is 1. The van der Waals surface area contributed by atoms with Gasteiger partial charge in [0.15, 0.2) is 0 Å². The summed E-state index contributed by atoms with van der Waals surface area (Å²) < 4.78 is 0. The van der Waals surface area contributed by atoms with Gasteiger partial charge in [-0.05, 0) is 47.9 Å². The first-order valence-electron chi connectivity index (χ1n) is 6.91. The van der Waals surface area contributed by atoms with Gasteiger partial charge in [0.25, 0.3) is 0 Å². The smallest absolute Gasteiger partial charge is 0.0440 e. The molecule has 1 atom stereocenters. The van der Waals surface area contributed by atoms with E-state index >= 15 is 0 Å². The molecule has 2 rings (SSSR count). The minimum absolute atomic E-state index is 0.444. The zero-order valence-electron chi connectivity index (χ0n) is 12.2. The maximum atomic E-state index is 3.72. The van der Waals surface area contributed by atoms with Crippen molar-refractivity contribution in [2.45, 2.75) is 40.3 Å². The van der Waals surface area contributed by atoms with Crippen LogP contribution in [0.15, 0.2) is 35.7 Å². The first-order valence-corrected chi connectivity index (χ1v) is 7.79.